The molecule has 1 saturated heterocycles. The second kappa shape index (κ2) is 6.22. The second-order valence-electron chi connectivity index (χ2n) is 5.04. The first kappa shape index (κ1) is 12.7. The Balaban J connectivity index is 1.93. The van der Waals surface area contributed by atoms with Gasteiger partial charge in [-0.3, -0.25) is 4.90 Å². The van der Waals surface area contributed by atoms with Gasteiger partial charge in [0.2, 0.25) is 0 Å². The fraction of sp³-hybridized carbons (Fsp3) is 0.714. The zero-order valence-corrected chi connectivity index (χ0v) is 10.9. The largest absolute Gasteiger partial charge is 0.465 e. The highest BCUT2D eigenvalue weighted by Gasteiger charge is 2.12. The van der Waals surface area contributed by atoms with Crippen molar-refractivity contribution in [2.75, 3.05) is 13.1 Å². The van der Waals surface area contributed by atoms with Crippen LogP contribution < -0.4 is 5.73 Å². The molecule has 3 heteroatoms. The molecule has 17 heavy (non-hydrogen) atoms. The van der Waals surface area contributed by atoms with Gasteiger partial charge >= 0.3 is 0 Å². The standard InChI is InChI=1S/C14H24N2O/c1-12-13(10-15)9-14(17-12)11-16-7-5-3-2-4-6-8-16/h9H,2-8,10-11,15H2,1H3. The molecule has 0 radical (unpaired) electrons. The molecule has 2 N–H and O–H groups in total. The molecule has 0 aliphatic carbocycles. The summed E-state index contributed by atoms with van der Waals surface area (Å²) >= 11 is 0. The van der Waals surface area contributed by atoms with E-state index in [2.05, 4.69) is 11.0 Å². The summed E-state index contributed by atoms with van der Waals surface area (Å²) in [5.74, 6) is 2.05. The molecule has 3 nitrogen and oxygen atoms in total. The van der Waals surface area contributed by atoms with E-state index < -0.39 is 0 Å². The molecule has 0 bridgehead atoms. The SMILES string of the molecule is Cc1oc(CN2CCCCCCC2)cc1CN. The molecular weight excluding hydrogens is 212 g/mol. The van der Waals surface area contributed by atoms with Crippen LogP contribution in [0.15, 0.2) is 10.5 Å². The molecule has 0 amide bonds. The lowest BCUT2D eigenvalue weighted by atomic mass is 10.1. The highest BCUT2D eigenvalue weighted by atomic mass is 16.3. The van der Waals surface area contributed by atoms with Crippen LogP contribution in [0.5, 0.6) is 0 Å². The Morgan fingerprint density at radius 1 is 1.18 bits per heavy atom. The molecule has 1 aromatic heterocycles. The van der Waals surface area contributed by atoms with E-state index in [9.17, 15) is 0 Å². The lowest BCUT2D eigenvalue weighted by Gasteiger charge is -2.23. The number of likely N-dealkylation sites (tertiary alicyclic amines) is 1. The third-order valence-electron chi connectivity index (χ3n) is 3.62. The average molecular weight is 236 g/mol. The van der Waals surface area contributed by atoms with Crippen molar-refractivity contribution in [1.29, 1.82) is 0 Å². The third-order valence-corrected chi connectivity index (χ3v) is 3.62. The summed E-state index contributed by atoms with van der Waals surface area (Å²) in [5, 5.41) is 0. The molecule has 1 aliphatic rings. The van der Waals surface area contributed by atoms with Crippen LogP contribution in [0.3, 0.4) is 0 Å². The van der Waals surface area contributed by atoms with Gasteiger partial charge in [-0.2, -0.15) is 0 Å². The first-order chi connectivity index (χ1) is 8.29. The monoisotopic (exact) mass is 236 g/mol. The van der Waals surface area contributed by atoms with E-state index in [1.54, 1.807) is 0 Å². The molecule has 0 atom stereocenters. The van der Waals surface area contributed by atoms with E-state index in [1.165, 1.54) is 45.2 Å². The molecule has 2 heterocycles. The van der Waals surface area contributed by atoms with E-state index in [4.69, 9.17) is 10.2 Å². The third kappa shape index (κ3) is 3.58. The minimum absolute atomic E-state index is 0.579. The first-order valence-corrected chi connectivity index (χ1v) is 6.80. The van der Waals surface area contributed by atoms with Crippen LogP contribution in [0.25, 0.3) is 0 Å². The molecule has 0 unspecified atom stereocenters. The van der Waals surface area contributed by atoms with Crippen molar-refractivity contribution in [3.05, 3.63) is 23.2 Å². The number of hydrogen-bond donors (Lipinski definition) is 1. The van der Waals surface area contributed by atoms with Crippen LogP contribution in [-0.4, -0.2) is 18.0 Å². The summed E-state index contributed by atoms with van der Waals surface area (Å²) in [6.45, 7) is 5.94. The number of hydrogen-bond acceptors (Lipinski definition) is 3. The van der Waals surface area contributed by atoms with Gasteiger partial charge in [0.1, 0.15) is 11.5 Å². The topological polar surface area (TPSA) is 42.4 Å². The average Bonchev–Trinajstić information content (AvgIpc) is 2.62. The van der Waals surface area contributed by atoms with Crippen molar-refractivity contribution in [3.63, 3.8) is 0 Å². The van der Waals surface area contributed by atoms with Crippen molar-refractivity contribution in [2.24, 2.45) is 5.73 Å². The van der Waals surface area contributed by atoms with E-state index in [-0.39, 0.29) is 0 Å². The Morgan fingerprint density at radius 2 is 1.82 bits per heavy atom. The van der Waals surface area contributed by atoms with Gasteiger partial charge in [-0.05, 0) is 38.9 Å². The summed E-state index contributed by atoms with van der Waals surface area (Å²) in [5.41, 5.74) is 6.81. The highest BCUT2D eigenvalue weighted by molar-refractivity contribution is 5.20. The molecule has 1 aromatic rings. The molecule has 1 fully saturated rings. The van der Waals surface area contributed by atoms with E-state index >= 15 is 0 Å². The Hall–Kier alpha value is -0.800. The summed E-state index contributed by atoms with van der Waals surface area (Å²) in [4.78, 5) is 2.51. The van der Waals surface area contributed by atoms with Crippen LogP contribution in [-0.2, 0) is 13.1 Å². The smallest absolute Gasteiger partial charge is 0.118 e. The summed E-state index contributed by atoms with van der Waals surface area (Å²) in [6, 6.07) is 2.12. The first-order valence-electron chi connectivity index (χ1n) is 6.80. The van der Waals surface area contributed by atoms with Gasteiger partial charge in [0.05, 0.1) is 6.54 Å². The van der Waals surface area contributed by atoms with Crippen molar-refractivity contribution in [3.8, 4) is 0 Å². The minimum atomic E-state index is 0.579. The quantitative estimate of drug-likeness (QED) is 0.877. The zero-order chi connectivity index (χ0) is 12.1. The van der Waals surface area contributed by atoms with Crippen molar-refractivity contribution in [2.45, 2.75) is 52.1 Å². The predicted molar refractivity (Wildman–Crippen MR) is 69.7 cm³/mol. The van der Waals surface area contributed by atoms with Gasteiger partial charge in [0.15, 0.2) is 0 Å². The number of rotatable bonds is 3. The van der Waals surface area contributed by atoms with Crippen molar-refractivity contribution >= 4 is 0 Å². The Labute approximate surface area is 104 Å². The maximum atomic E-state index is 5.76. The predicted octanol–water partition coefficient (Wildman–Crippen LogP) is 2.81. The van der Waals surface area contributed by atoms with Crippen molar-refractivity contribution in [1.82, 2.24) is 4.90 Å². The van der Waals surface area contributed by atoms with E-state index in [0.29, 0.717) is 6.54 Å². The van der Waals surface area contributed by atoms with Crippen LogP contribution >= 0.6 is 0 Å². The van der Waals surface area contributed by atoms with Gasteiger partial charge in [0, 0.05) is 12.1 Å². The Kier molecular flexibility index (Phi) is 4.63. The molecule has 0 aromatic carbocycles. The fourth-order valence-corrected chi connectivity index (χ4v) is 2.56. The van der Waals surface area contributed by atoms with Crippen LogP contribution in [0.1, 0.15) is 49.2 Å². The number of nitrogens with zero attached hydrogens (tertiary/aromatic N) is 1. The summed E-state index contributed by atoms with van der Waals surface area (Å²) in [6.07, 6.45) is 6.81. The van der Waals surface area contributed by atoms with Crippen LogP contribution in [0.2, 0.25) is 0 Å². The minimum Gasteiger partial charge on any atom is -0.465 e. The van der Waals surface area contributed by atoms with Gasteiger partial charge in [-0.25, -0.2) is 0 Å². The van der Waals surface area contributed by atoms with Crippen molar-refractivity contribution < 1.29 is 4.42 Å². The summed E-state index contributed by atoms with van der Waals surface area (Å²) < 4.78 is 5.76. The normalized spacial score (nSPS) is 18.9. The molecule has 96 valence electrons. The lowest BCUT2D eigenvalue weighted by molar-refractivity contribution is 0.221. The molecule has 0 spiro atoms. The summed E-state index contributed by atoms with van der Waals surface area (Å²) in [7, 11) is 0. The molecular formula is C14H24N2O. The van der Waals surface area contributed by atoms with Crippen LogP contribution in [0.4, 0.5) is 0 Å². The van der Waals surface area contributed by atoms with Gasteiger partial charge in [-0.1, -0.05) is 19.3 Å². The highest BCUT2D eigenvalue weighted by Crippen LogP contribution is 2.18. The van der Waals surface area contributed by atoms with E-state index in [0.717, 1.165) is 23.6 Å². The van der Waals surface area contributed by atoms with Gasteiger partial charge in [0.25, 0.3) is 0 Å². The van der Waals surface area contributed by atoms with Gasteiger partial charge < -0.3 is 10.2 Å². The Bertz CT molecular complexity index is 338. The fourth-order valence-electron chi connectivity index (χ4n) is 2.56. The maximum absolute atomic E-state index is 5.76. The zero-order valence-electron chi connectivity index (χ0n) is 10.9. The lowest BCUT2D eigenvalue weighted by Crippen LogP contribution is -2.26. The van der Waals surface area contributed by atoms with Gasteiger partial charge in [-0.15, -0.1) is 0 Å². The number of nitrogens with two attached hydrogens (primary N) is 1. The number of aryl methyl sites for hydroxylation is 1. The van der Waals surface area contributed by atoms with E-state index in [1.807, 2.05) is 6.92 Å². The molecule has 2 rings (SSSR count). The number of furan rings is 1. The van der Waals surface area contributed by atoms with Crippen LogP contribution in [0, 0.1) is 6.92 Å². The Morgan fingerprint density at radius 3 is 2.41 bits per heavy atom. The maximum Gasteiger partial charge on any atom is 0.118 e. The second-order valence-corrected chi connectivity index (χ2v) is 5.04. The molecule has 1 aliphatic heterocycles. The molecule has 0 saturated carbocycles.